The van der Waals surface area contributed by atoms with Crippen LogP contribution in [0.3, 0.4) is 0 Å². The zero-order valence-corrected chi connectivity index (χ0v) is 8.71. The van der Waals surface area contributed by atoms with Crippen LogP contribution < -0.4 is 0 Å². The fourth-order valence-corrected chi connectivity index (χ4v) is 1.44. The maximum absolute atomic E-state index is 5.22. The molecule has 72 valence electrons. The molecule has 1 fully saturated rings. The minimum atomic E-state index is 0.504. The molecule has 0 N–H and O–H groups in total. The number of likely N-dealkylation sites (tertiary alicyclic amines) is 1. The molecule has 1 atom stereocenters. The summed E-state index contributed by atoms with van der Waals surface area (Å²) < 4.78 is 5.22. The molecule has 0 amide bonds. The van der Waals surface area contributed by atoms with Crippen molar-refractivity contribution in [3.8, 4) is 0 Å². The van der Waals surface area contributed by atoms with Gasteiger partial charge in [-0.15, -0.1) is 0 Å². The SMILES string of the molecule is COC1CN(CC(C)C(C)C)C1. The van der Waals surface area contributed by atoms with Gasteiger partial charge in [0.2, 0.25) is 0 Å². The third kappa shape index (κ3) is 2.46. The van der Waals surface area contributed by atoms with Gasteiger partial charge in [-0.2, -0.15) is 0 Å². The second-order valence-electron chi connectivity index (χ2n) is 4.30. The molecule has 0 bridgehead atoms. The van der Waals surface area contributed by atoms with Gasteiger partial charge in [-0.05, 0) is 11.8 Å². The van der Waals surface area contributed by atoms with Crippen molar-refractivity contribution in [3.05, 3.63) is 0 Å². The minimum absolute atomic E-state index is 0.504. The van der Waals surface area contributed by atoms with E-state index in [1.165, 1.54) is 6.54 Å². The van der Waals surface area contributed by atoms with Crippen molar-refractivity contribution < 1.29 is 4.74 Å². The lowest BCUT2D eigenvalue weighted by atomic mass is 9.96. The Hall–Kier alpha value is -0.0800. The van der Waals surface area contributed by atoms with Gasteiger partial charge in [0.25, 0.3) is 0 Å². The van der Waals surface area contributed by atoms with E-state index < -0.39 is 0 Å². The summed E-state index contributed by atoms with van der Waals surface area (Å²) in [6, 6.07) is 0. The Morgan fingerprint density at radius 1 is 1.33 bits per heavy atom. The summed E-state index contributed by atoms with van der Waals surface area (Å²) in [6.45, 7) is 10.4. The standard InChI is InChI=1S/C10H21NO/c1-8(2)9(3)5-11-6-10(7-11)12-4/h8-10H,5-7H2,1-4H3. The molecule has 0 aromatic heterocycles. The smallest absolute Gasteiger partial charge is 0.0824 e. The Balaban J connectivity index is 2.10. The number of nitrogens with zero attached hydrogens (tertiary/aromatic N) is 1. The van der Waals surface area contributed by atoms with Gasteiger partial charge in [-0.3, -0.25) is 4.90 Å². The van der Waals surface area contributed by atoms with Crippen LogP contribution in [0.1, 0.15) is 20.8 Å². The summed E-state index contributed by atoms with van der Waals surface area (Å²) in [7, 11) is 1.80. The molecule has 1 aliphatic heterocycles. The summed E-state index contributed by atoms with van der Waals surface area (Å²) in [6.07, 6.45) is 0.504. The fraction of sp³-hybridized carbons (Fsp3) is 1.00. The zero-order valence-electron chi connectivity index (χ0n) is 8.71. The Bertz CT molecular complexity index is 130. The van der Waals surface area contributed by atoms with E-state index in [9.17, 15) is 0 Å². The molecule has 1 saturated heterocycles. The number of ether oxygens (including phenoxy) is 1. The summed E-state index contributed by atoms with van der Waals surface area (Å²) in [5.41, 5.74) is 0. The lowest BCUT2D eigenvalue weighted by Gasteiger charge is -2.40. The average Bonchev–Trinajstić information content (AvgIpc) is 1.94. The van der Waals surface area contributed by atoms with Crippen LogP contribution >= 0.6 is 0 Å². The first kappa shape index (κ1) is 10.0. The quantitative estimate of drug-likeness (QED) is 0.637. The predicted molar refractivity (Wildman–Crippen MR) is 51.2 cm³/mol. The highest BCUT2D eigenvalue weighted by Gasteiger charge is 2.27. The molecule has 0 aromatic rings. The summed E-state index contributed by atoms with van der Waals surface area (Å²) in [5.74, 6) is 1.61. The summed E-state index contributed by atoms with van der Waals surface area (Å²) in [4.78, 5) is 2.47. The van der Waals surface area contributed by atoms with E-state index in [0.717, 1.165) is 24.9 Å². The van der Waals surface area contributed by atoms with E-state index in [1.54, 1.807) is 7.11 Å². The van der Waals surface area contributed by atoms with Gasteiger partial charge >= 0.3 is 0 Å². The van der Waals surface area contributed by atoms with Crippen LogP contribution in [0.2, 0.25) is 0 Å². The van der Waals surface area contributed by atoms with Gasteiger partial charge in [-0.25, -0.2) is 0 Å². The van der Waals surface area contributed by atoms with Crippen LogP contribution in [0.4, 0.5) is 0 Å². The van der Waals surface area contributed by atoms with Crippen LogP contribution in [0, 0.1) is 11.8 Å². The van der Waals surface area contributed by atoms with Crippen molar-refractivity contribution in [2.45, 2.75) is 26.9 Å². The zero-order chi connectivity index (χ0) is 9.14. The third-order valence-electron chi connectivity index (χ3n) is 2.94. The van der Waals surface area contributed by atoms with Crippen LogP contribution in [-0.4, -0.2) is 37.7 Å². The topological polar surface area (TPSA) is 12.5 Å². The number of hydrogen-bond acceptors (Lipinski definition) is 2. The molecule has 1 rings (SSSR count). The molecule has 0 saturated carbocycles. The van der Waals surface area contributed by atoms with Gasteiger partial charge in [0.15, 0.2) is 0 Å². The van der Waals surface area contributed by atoms with Crippen LogP contribution in [0.15, 0.2) is 0 Å². The highest BCUT2D eigenvalue weighted by atomic mass is 16.5. The highest BCUT2D eigenvalue weighted by Crippen LogP contribution is 2.17. The van der Waals surface area contributed by atoms with E-state index in [1.807, 2.05) is 0 Å². The van der Waals surface area contributed by atoms with E-state index in [2.05, 4.69) is 25.7 Å². The number of methoxy groups -OCH3 is 1. The Morgan fingerprint density at radius 3 is 2.33 bits per heavy atom. The molecular weight excluding hydrogens is 150 g/mol. The fourth-order valence-electron chi connectivity index (χ4n) is 1.44. The van der Waals surface area contributed by atoms with Gasteiger partial charge in [0, 0.05) is 26.7 Å². The molecule has 1 heterocycles. The van der Waals surface area contributed by atoms with Crippen LogP contribution in [0.25, 0.3) is 0 Å². The first-order valence-electron chi connectivity index (χ1n) is 4.88. The van der Waals surface area contributed by atoms with E-state index in [0.29, 0.717) is 6.10 Å². The lowest BCUT2D eigenvalue weighted by molar-refractivity contribution is -0.0371. The van der Waals surface area contributed by atoms with Crippen LogP contribution in [0.5, 0.6) is 0 Å². The molecule has 2 heteroatoms. The van der Waals surface area contributed by atoms with Crippen molar-refractivity contribution >= 4 is 0 Å². The summed E-state index contributed by atoms with van der Waals surface area (Å²) in [5, 5.41) is 0. The Labute approximate surface area is 75.9 Å². The molecule has 12 heavy (non-hydrogen) atoms. The van der Waals surface area contributed by atoms with Crippen molar-refractivity contribution in [2.24, 2.45) is 11.8 Å². The normalized spacial score (nSPS) is 22.8. The van der Waals surface area contributed by atoms with Gasteiger partial charge in [0.05, 0.1) is 6.10 Å². The third-order valence-corrected chi connectivity index (χ3v) is 2.94. The second kappa shape index (κ2) is 4.24. The lowest BCUT2D eigenvalue weighted by Crippen LogP contribution is -2.53. The maximum atomic E-state index is 5.22. The van der Waals surface area contributed by atoms with Crippen LogP contribution in [-0.2, 0) is 4.74 Å². The van der Waals surface area contributed by atoms with Crippen molar-refractivity contribution in [1.29, 1.82) is 0 Å². The van der Waals surface area contributed by atoms with E-state index in [-0.39, 0.29) is 0 Å². The van der Waals surface area contributed by atoms with Crippen molar-refractivity contribution in [3.63, 3.8) is 0 Å². The molecular formula is C10H21NO. The molecule has 1 aliphatic rings. The van der Waals surface area contributed by atoms with Gasteiger partial charge < -0.3 is 4.74 Å². The highest BCUT2D eigenvalue weighted by molar-refractivity contribution is 4.81. The predicted octanol–water partition coefficient (Wildman–Crippen LogP) is 1.61. The average molecular weight is 171 g/mol. The second-order valence-corrected chi connectivity index (χ2v) is 4.30. The van der Waals surface area contributed by atoms with Gasteiger partial charge in [0.1, 0.15) is 0 Å². The van der Waals surface area contributed by atoms with Crippen molar-refractivity contribution in [1.82, 2.24) is 4.90 Å². The van der Waals surface area contributed by atoms with E-state index >= 15 is 0 Å². The molecule has 2 nitrogen and oxygen atoms in total. The summed E-state index contributed by atoms with van der Waals surface area (Å²) >= 11 is 0. The number of hydrogen-bond donors (Lipinski definition) is 0. The van der Waals surface area contributed by atoms with Gasteiger partial charge in [-0.1, -0.05) is 20.8 Å². The largest absolute Gasteiger partial charge is 0.379 e. The maximum Gasteiger partial charge on any atom is 0.0824 e. The molecule has 0 aromatic carbocycles. The number of rotatable bonds is 4. The first-order valence-corrected chi connectivity index (χ1v) is 4.88. The van der Waals surface area contributed by atoms with Crippen molar-refractivity contribution in [2.75, 3.05) is 26.7 Å². The Morgan fingerprint density at radius 2 is 1.92 bits per heavy atom. The Kier molecular flexibility index (Phi) is 3.53. The molecule has 0 radical (unpaired) electrons. The first-order chi connectivity index (χ1) is 5.63. The molecule has 1 unspecified atom stereocenters. The monoisotopic (exact) mass is 171 g/mol. The molecule has 0 spiro atoms. The minimum Gasteiger partial charge on any atom is -0.379 e. The van der Waals surface area contributed by atoms with E-state index in [4.69, 9.17) is 4.74 Å². The molecule has 0 aliphatic carbocycles.